The molecule has 1 aliphatic rings. The van der Waals surface area contributed by atoms with Crippen LogP contribution in [0.5, 0.6) is 5.75 Å². The second-order valence-electron chi connectivity index (χ2n) is 6.37. The van der Waals surface area contributed by atoms with Crippen LogP contribution >= 0.6 is 0 Å². The molecule has 0 saturated heterocycles. The van der Waals surface area contributed by atoms with Gasteiger partial charge >= 0.3 is 0 Å². The van der Waals surface area contributed by atoms with Crippen LogP contribution in [-0.4, -0.2) is 42.6 Å². The Morgan fingerprint density at radius 3 is 2.86 bits per heavy atom. The number of aryl methyl sites for hydroxylation is 1. The van der Waals surface area contributed by atoms with Gasteiger partial charge in [0.1, 0.15) is 18.0 Å². The SMILES string of the molecule is Cc1cccc(O[C@@H]2CCC[C@H](NCCOC(C)C)[C@H]2O)c1. The molecule has 1 saturated carbocycles. The van der Waals surface area contributed by atoms with E-state index >= 15 is 0 Å². The van der Waals surface area contributed by atoms with Gasteiger partial charge in [0.2, 0.25) is 0 Å². The van der Waals surface area contributed by atoms with Gasteiger partial charge < -0.3 is 19.9 Å². The Morgan fingerprint density at radius 1 is 1.32 bits per heavy atom. The molecule has 0 unspecified atom stereocenters. The molecular formula is C18H29NO3. The summed E-state index contributed by atoms with van der Waals surface area (Å²) in [5.41, 5.74) is 1.17. The molecule has 4 nitrogen and oxygen atoms in total. The van der Waals surface area contributed by atoms with E-state index < -0.39 is 6.10 Å². The third-order valence-electron chi connectivity index (χ3n) is 4.03. The molecule has 0 radical (unpaired) electrons. The fourth-order valence-electron chi connectivity index (χ4n) is 2.89. The molecule has 0 spiro atoms. The smallest absolute Gasteiger partial charge is 0.126 e. The lowest BCUT2D eigenvalue weighted by Gasteiger charge is -2.35. The Labute approximate surface area is 133 Å². The standard InChI is InChI=1S/C18H29NO3/c1-13(2)21-11-10-19-16-8-5-9-17(18(16)20)22-15-7-4-6-14(3)12-15/h4,6-7,12-13,16-20H,5,8-11H2,1-3H3/t16-,17+,18+/m0/s1. The fraction of sp³-hybridized carbons (Fsp3) is 0.667. The summed E-state index contributed by atoms with van der Waals surface area (Å²) in [4.78, 5) is 0. The lowest BCUT2D eigenvalue weighted by Crippen LogP contribution is -2.51. The summed E-state index contributed by atoms with van der Waals surface area (Å²) >= 11 is 0. The number of hydrogen-bond acceptors (Lipinski definition) is 4. The van der Waals surface area contributed by atoms with Crippen LogP contribution in [0, 0.1) is 6.92 Å². The van der Waals surface area contributed by atoms with E-state index in [4.69, 9.17) is 9.47 Å². The van der Waals surface area contributed by atoms with Gasteiger partial charge in [-0.2, -0.15) is 0 Å². The quantitative estimate of drug-likeness (QED) is 0.761. The molecule has 0 aliphatic heterocycles. The van der Waals surface area contributed by atoms with Gasteiger partial charge in [-0.1, -0.05) is 12.1 Å². The van der Waals surface area contributed by atoms with E-state index in [1.807, 2.05) is 45.0 Å². The van der Waals surface area contributed by atoms with Crippen molar-refractivity contribution in [2.24, 2.45) is 0 Å². The molecule has 4 heteroatoms. The first-order valence-corrected chi connectivity index (χ1v) is 8.32. The summed E-state index contributed by atoms with van der Waals surface area (Å²) in [6.07, 6.45) is 2.57. The summed E-state index contributed by atoms with van der Waals surface area (Å²) in [6, 6.07) is 8.08. The molecule has 2 rings (SSSR count). The van der Waals surface area contributed by atoms with Crippen LogP contribution in [0.1, 0.15) is 38.7 Å². The van der Waals surface area contributed by atoms with Gasteiger partial charge in [-0.15, -0.1) is 0 Å². The average Bonchev–Trinajstić information content (AvgIpc) is 2.47. The normalized spacial score (nSPS) is 25.4. The monoisotopic (exact) mass is 307 g/mol. The minimum absolute atomic E-state index is 0.0827. The van der Waals surface area contributed by atoms with E-state index in [1.165, 1.54) is 5.56 Å². The van der Waals surface area contributed by atoms with Crippen LogP contribution in [-0.2, 0) is 4.74 Å². The zero-order valence-corrected chi connectivity index (χ0v) is 13.9. The van der Waals surface area contributed by atoms with Crippen LogP contribution in [0.3, 0.4) is 0 Å². The first kappa shape index (κ1) is 17.3. The van der Waals surface area contributed by atoms with Crippen molar-refractivity contribution in [3.05, 3.63) is 29.8 Å². The number of hydrogen-bond donors (Lipinski definition) is 2. The highest BCUT2D eigenvalue weighted by atomic mass is 16.5. The largest absolute Gasteiger partial charge is 0.488 e. The van der Waals surface area contributed by atoms with Crippen molar-refractivity contribution >= 4 is 0 Å². The number of benzene rings is 1. The van der Waals surface area contributed by atoms with Crippen molar-refractivity contribution in [2.45, 2.75) is 64.4 Å². The fourth-order valence-corrected chi connectivity index (χ4v) is 2.89. The number of aliphatic hydroxyl groups excluding tert-OH is 1. The summed E-state index contributed by atoms with van der Waals surface area (Å²) in [5.74, 6) is 0.841. The summed E-state index contributed by atoms with van der Waals surface area (Å²) < 4.78 is 11.5. The number of nitrogens with one attached hydrogen (secondary N) is 1. The van der Waals surface area contributed by atoms with Gasteiger partial charge in [0, 0.05) is 12.6 Å². The minimum atomic E-state index is -0.478. The highest BCUT2D eigenvalue weighted by molar-refractivity contribution is 5.27. The molecular weight excluding hydrogens is 278 g/mol. The summed E-state index contributed by atoms with van der Waals surface area (Å²) in [7, 11) is 0. The maximum atomic E-state index is 10.5. The Balaban J connectivity index is 1.83. The maximum Gasteiger partial charge on any atom is 0.126 e. The van der Waals surface area contributed by atoms with E-state index in [-0.39, 0.29) is 18.2 Å². The Hall–Kier alpha value is -1.10. The van der Waals surface area contributed by atoms with E-state index in [2.05, 4.69) is 5.32 Å². The second kappa shape index (κ2) is 8.51. The maximum absolute atomic E-state index is 10.5. The Bertz CT molecular complexity index is 450. The predicted octanol–water partition coefficient (Wildman–Crippen LogP) is 2.67. The molecule has 3 atom stereocenters. The zero-order valence-electron chi connectivity index (χ0n) is 13.9. The van der Waals surface area contributed by atoms with Crippen LogP contribution < -0.4 is 10.1 Å². The molecule has 1 fully saturated rings. The van der Waals surface area contributed by atoms with Crippen molar-refractivity contribution in [3.63, 3.8) is 0 Å². The third kappa shape index (κ3) is 5.27. The molecule has 1 aromatic rings. The van der Waals surface area contributed by atoms with E-state index in [1.54, 1.807) is 0 Å². The highest BCUT2D eigenvalue weighted by Crippen LogP contribution is 2.24. The van der Waals surface area contributed by atoms with E-state index in [0.29, 0.717) is 6.61 Å². The van der Waals surface area contributed by atoms with Crippen molar-refractivity contribution in [1.29, 1.82) is 0 Å². The van der Waals surface area contributed by atoms with Crippen molar-refractivity contribution in [1.82, 2.24) is 5.32 Å². The molecule has 0 heterocycles. The number of rotatable bonds is 7. The van der Waals surface area contributed by atoms with Crippen molar-refractivity contribution in [3.8, 4) is 5.75 Å². The van der Waals surface area contributed by atoms with Crippen LogP contribution in [0.25, 0.3) is 0 Å². The molecule has 22 heavy (non-hydrogen) atoms. The number of ether oxygens (including phenoxy) is 2. The molecule has 1 aromatic carbocycles. The molecule has 0 bridgehead atoms. The van der Waals surface area contributed by atoms with Crippen LogP contribution in [0.15, 0.2) is 24.3 Å². The van der Waals surface area contributed by atoms with Crippen LogP contribution in [0.4, 0.5) is 0 Å². The number of aliphatic hydroxyl groups is 1. The molecule has 0 amide bonds. The van der Waals surface area contributed by atoms with Crippen molar-refractivity contribution < 1.29 is 14.6 Å². The molecule has 1 aliphatic carbocycles. The lowest BCUT2D eigenvalue weighted by molar-refractivity contribution is -0.0179. The van der Waals surface area contributed by atoms with Gasteiger partial charge in [-0.05, 0) is 57.7 Å². The highest BCUT2D eigenvalue weighted by Gasteiger charge is 2.32. The lowest BCUT2D eigenvalue weighted by atomic mass is 9.90. The van der Waals surface area contributed by atoms with Crippen molar-refractivity contribution in [2.75, 3.05) is 13.2 Å². The van der Waals surface area contributed by atoms with E-state index in [9.17, 15) is 5.11 Å². The molecule has 2 N–H and O–H groups in total. The van der Waals surface area contributed by atoms with Crippen LogP contribution in [0.2, 0.25) is 0 Å². The Kier molecular flexibility index (Phi) is 6.68. The van der Waals surface area contributed by atoms with Gasteiger partial charge in [0.25, 0.3) is 0 Å². The van der Waals surface area contributed by atoms with Gasteiger partial charge in [-0.25, -0.2) is 0 Å². The molecule has 0 aromatic heterocycles. The Morgan fingerprint density at radius 2 is 2.14 bits per heavy atom. The first-order chi connectivity index (χ1) is 10.6. The minimum Gasteiger partial charge on any atom is -0.488 e. The van der Waals surface area contributed by atoms with E-state index in [0.717, 1.165) is 31.6 Å². The summed E-state index contributed by atoms with van der Waals surface area (Å²) in [6.45, 7) is 7.53. The third-order valence-corrected chi connectivity index (χ3v) is 4.03. The van der Waals surface area contributed by atoms with Gasteiger partial charge in [0.05, 0.1) is 12.7 Å². The zero-order chi connectivity index (χ0) is 15.9. The van der Waals surface area contributed by atoms with Gasteiger partial charge in [-0.3, -0.25) is 0 Å². The molecule has 124 valence electrons. The predicted molar refractivity (Wildman–Crippen MR) is 88.3 cm³/mol. The second-order valence-corrected chi connectivity index (χ2v) is 6.37. The topological polar surface area (TPSA) is 50.7 Å². The summed E-state index contributed by atoms with van der Waals surface area (Å²) in [5, 5.41) is 13.9. The van der Waals surface area contributed by atoms with Gasteiger partial charge in [0.15, 0.2) is 0 Å². The average molecular weight is 307 g/mol. The first-order valence-electron chi connectivity index (χ1n) is 8.32.